The highest BCUT2D eigenvalue weighted by Gasteiger charge is 2.43. The summed E-state index contributed by atoms with van der Waals surface area (Å²) in [6.07, 6.45) is -8.27. The van der Waals surface area contributed by atoms with Gasteiger partial charge in [-0.05, 0) is 0 Å². The molecule has 1 fully saturated rings. The van der Waals surface area contributed by atoms with E-state index < -0.39 is 37.3 Å². The van der Waals surface area contributed by atoms with Crippen LogP contribution >= 0.6 is 0 Å². The van der Waals surface area contributed by atoms with Gasteiger partial charge in [-0.3, -0.25) is 0 Å². The Labute approximate surface area is 76.7 Å². The van der Waals surface area contributed by atoms with Crippen molar-refractivity contribution < 1.29 is 31.3 Å². The zero-order valence-corrected chi connectivity index (χ0v) is 7.12. The van der Waals surface area contributed by atoms with E-state index in [-0.39, 0.29) is 0 Å². The summed E-state index contributed by atoms with van der Waals surface area (Å²) in [6, 6.07) is 0. The molecular formula is C7H14O6. The van der Waals surface area contributed by atoms with Gasteiger partial charge in [0, 0.05) is 7.11 Å². The van der Waals surface area contributed by atoms with Gasteiger partial charge in [-0.15, -0.1) is 0 Å². The Kier molecular flexibility index (Phi) is 3.09. The smallest absolute Gasteiger partial charge is 0.186 e. The summed E-state index contributed by atoms with van der Waals surface area (Å²) >= 11 is 0. The summed E-state index contributed by atoms with van der Waals surface area (Å²) in [5.74, 6) is 0. The van der Waals surface area contributed by atoms with Gasteiger partial charge in [0.2, 0.25) is 0 Å². The molecule has 4 N–H and O–H groups in total. The fraction of sp³-hybridized carbons (Fsp3) is 1.00. The van der Waals surface area contributed by atoms with Crippen molar-refractivity contribution in [1.29, 1.82) is 0 Å². The number of rotatable bonds is 2. The largest absolute Gasteiger partial charge is 0.394 e. The minimum Gasteiger partial charge on any atom is -0.394 e. The monoisotopic (exact) mass is 195 g/mol. The number of aliphatic hydroxyl groups excluding tert-OH is 3. The lowest BCUT2D eigenvalue weighted by molar-refractivity contribution is -0.294. The van der Waals surface area contributed by atoms with E-state index in [1.54, 1.807) is 0 Å². The number of hydrogen-bond acceptors (Lipinski definition) is 6. The summed E-state index contributed by atoms with van der Waals surface area (Å²) in [7, 11) is 1.22. The van der Waals surface area contributed by atoms with Crippen molar-refractivity contribution in [1.82, 2.24) is 0 Å². The second-order valence-corrected chi connectivity index (χ2v) is 2.78. The van der Waals surface area contributed by atoms with Crippen LogP contribution in [0.3, 0.4) is 0 Å². The first-order valence-corrected chi connectivity index (χ1v) is 3.82. The van der Waals surface area contributed by atoms with Crippen LogP contribution < -0.4 is 0 Å². The van der Waals surface area contributed by atoms with Crippen LogP contribution in [0.2, 0.25) is 0 Å². The topological polar surface area (TPSA) is 99.4 Å². The molecule has 0 unspecified atom stereocenters. The number of methoxy groups -OCH3 is 1. The first kappa shape index (κ1) is 9.32. The molecule has 1 saturated heterocycles. The molecule has 78 valence electrons. The van der Waals surface area contributed by atoms with Crippen molar-refractivity contribution in [3.8, 4) is 0 Å². The van der Waals surface area contributed by atoms with Gasteiger partial charge in [-0.25, -0.2) is 0 Å². The second kappa shape index (κ2) is 4.32. The summed E-state index contributed by atoms with van der Waals surface area (Å²) in [5.41, 5.74) is 0. The fourth-order valence-corrected chi connectivity index (χ4v) is 1.15. The Bertz CT molecular complexity index is 181. The Balaban J connectivity index is 2.84. The SMILES string of the molecule is [2H][C@]1(O)[C@H](O)[C@@H](CO)O[C@@H](OC)[C@@H]1O. The Morgan fingerprint density at radius 2 is 2.00 bits per heavy atom. The Morgan fingerprint density at radius 1 is 1.38 bits per heavy atom. The average molecular weight is 195 g/mol. The zero-order chi connectivity index (χ0) is 10.9. The number of ether oxygens (including phenoxy) is 2. The van der Waals surface area contributed by atoms with E-state index in [0.717, 1.165) is 0 Å². The number of hydrogen-bond donors (Lipinski definition) is 4. The Morgan fingerprint density at radius 3 is 2.46 bits per heavy atom. The first-order valence-electron chi connectivity index (χ1n) is 4.32. The molecule has 0 radical (unpaired) electrons. The van der Waals surface area contributed by atoms with Crippen molar-refractivity contribution >= 4 is 0 Å². The third-order valence-electron chi connectivity index (χ3n) is 1.94. The van der Waals surface area contributed by atoms with Gasteiger partial charge in [0.25, 0.3) is 0 Å². The van der Waals surface area contributed by atoms with Crippen molar-refractivity contribution in [2.45, 2.75) is 30.7 Å². The third-order valence-corrected chi connectivity index (χ3v) is 1.94. The molecule has 6 nitrogen and oxygen atoms in total. The third kappa shape index (κ3) is 1.98. The highest BCUT2D eigenvalue weighted by molar-refractivity contribution is 4.88. The molecule has 5 atom stereocenters. The van der Waals surface area contributed by atoms with Crippen LogP contribution in [0.15, 0.2) is 0 Å². The van der Waals surface area contributed by atoms with Gasteiger partial charge in [0.15, 0.2) is 6.29 Å². The maximum atomic E-state index is 9.41. The molecule has 13 heavy (non-hydrogen) atoms. The van der Waals surface area contributed by atoms with Gasteiger partial charge in [-0.2, -0.15) is 0 Å². The molecule has 0 bridgehead atoms. The Hall–Kier alpha value is -0.240. The van der Waals surface area contributed by atoms with Crippen LogP contribution in [0.25, 0.3) is 0 Å². The minimum atomic E-state index is -2.51. The van der Waals surface area contributed by atoms with Crippen LogP contribution in [0, 0.1) is 0 Å². The van der Waals surface area contributed by atoms with Crippen molar-refractivity contribution in [3.63, 3.8) is 0 Å². The average Bonchev–Trinajstić information content (AvgIpc) is 2.16. The maximum absolute atomic E-state index is 9.41. The van der Waals surface area contributed by atoms with Gasteiger partial charge in [0.1, 0.15) is 24.4 Å². The molecule has 6 heteroatoms. The molecule has 0 saturated carbocycles. The summed E-state index contributed by atoms with van der Waals surface area (Å²) in [5, 5.41) is 36.9. The van der Waals surface area contributed by atoms with E-state index in [4.69, 9.17) is 11.2 Å². The van der Waals surface area contributed by atoms with Crippen LogP contribution in [0.5, 0.6) is 0 Å². The van der Waals surface area contributed by atoms with E-state index >= 15 is 0 Å². The molecule has 0 aromatic carbocycles. The van der Waals surface area contributed by atoms with E-state index in [2.05, 4.69) is 4.74 Å². The van der Waals surface area contributed by atoms with Crippen LogP contribution in [-0.2, 0) is 9.47 Å². The predicted octanol–water partition coefficient (Wildman–Crippen LogP) is -2.57. The zero-order valence-electron chi connectivity index (χ0n) is 8.12. The molecule has 1 rings (SSSR count). The summed E-state index contributed by atoms with van der Waals surface area (Å²) < 4.78 is 16.8. The van der Waals surface area contributed by atoms with Gasteiger partial charge < -0.3 is 29.9 Å². The summed E-state index contributed by atoms with van der Waals surface area (Å²) in [6.45, 7) is -0.574. The van der Waals surface area contributed by atoms with Crippen molar-refractivity contribution in [3.05, 3.63) is 0 Å². The standard InChI is InChI=1S/C7H14O6/c1-12-7-6(11)5(10)4(9)3(2-8)13-7/h3-11H,2H2,1H3/t3-,4-,5+,6-,7-/m1/s1/i5D. The van der Waals surface area contributed by atoms with Gasteiger partial charge in [-0.1, -0.05) is 0 Å². The van der Waals surface area contributed by atoms with Crippen LogP contribution in [0.1, 0.15) is 1.37 Å². The fourth-order valence-electron chi connectivity index (χ4n) is 1.15. The lowest BCUT2D eigenvalue weighted by Gasteiger charge is -2.38. The lowest BCUT2D eigenvalue weighted by atomic mass is 9.99. The van der Waals surface area contributed by atoms with Gasteiger partial charge in [0.05, 0.1) is 7.98 Å². The molecular weight excluding hydrogens is 180 g/mol. The minimum absolute atomic E-state index is 0.574. The van der Waals surface area contributed by atoms with E-state index in [0.29, 0.717) is 0 Å². The van der Waals surface area contributed by atoms with E-state index in [9.17, 15) is 15.3 Å². The number of aliphatic hydroxyl groups is 4. The van der Waals surface area contributed by atoms with Crippen LogP contribution in [-0.4, -0.2) is 64.8 Å². The molecule has 1 aliphatic rings. The molecule has 0 spiro atoms. The van der Waals surface area contributed by atoms with Crippen molar-refractivity contribution in [2.75, 3.05) is 13.7 Å². The van der Waals surface area contributed by atoms with E-state index in [1.807, 2.05) is 0 Å². The molecule has 0 aromatic heterocycles. The molecule has 1 heterocycles. The normalized spacial score (nSPS) is 53.2. The lowest BCUT2D eigenvalue weighted by Crippen LogP contribution is -2.58. The highest BCUT2D eigenvalue weighted by atomic mass is 16.7. The second-order valence-electron chi connectivity index (χ2n) is 2.78. The molecule has 0 aliphatic carbocycles. The molecule has 0 amide bonds. The van der Waals surface area contributed by atoms with Crippen molar-refractivity contribution in [2.24, 2.45) is 0 Å². The molecule has 0 aromatic rings. The molecule has 1 aliphatic heterocycles. The van der Waals surface area contributed by atoms with Gasteiger partial charge >= 0.3 is 0 Å². The summed E-state index contributed by atoms with van der Waals surface area (Å²) in [4.78, 5) is 0. The first-order chi connectivity index (χ1) is 6.45. The quantitative estimate of drug-likeness (QED) is 0.386. The highest BCUT2D eigenvalue weighted by Crippen LogP contribution is 2.20. The van der Waals surface area contributed by atoms with E-state index in [1.165, 1.54) is 7.11 Å². The van der Waals surface area contributed by atoms with Crippen LogP contribution in [0.4, 0.5) is 0 Å². The predicted molar refractivity (Wildman–Crippen MR) is 40.8 cm³/mol. The maximum Gasteiger partial charge on any atom is 0.186 e.